The van der Waals surface area contributed by atoms with Crippen LogP contribution < -0.4 is 4.74 Å². The van der Waals surface area contributed by atoms with Crippen LogP contribution in [0.2, 0.25) is 0 Å². The molecule has 2 aromatic carbocycles. The van der Waals surface area contributed by atoms with Gasteiger partial charge in [-0.3, -0.25) is 14.9 Å². The highest BCUT2D eigenvalue weighted by Gasteiger charge is 2.45. The lowest BCUT2D eigenvalue weighted by atomic mass is 10.0. The average Bonchev–Trinajstić information content (AvgIpc) is 2.84. The van der Waals surface area contributed by atoms with Crippen LogP contribution in [0.3, 0.4) is 0 Å². The van der Waals surface area contributed by atoms with Crippen molar-refractivity contribution in [2.45, 2.75) is 63.3 Å². The van der Waals surface area contributed by atoms with Gasteiger partial charge in [0.2, 0.25) is 5.91 Å². The lowest BCUT2D eigenvalue weighted by Crippen LogP contribution is -2.62. The van der Waals surface area contributed by atoms with E-state index in [1.54, 1.807) is 20.8 Å². The van der Waals surface area contributed by atoms with E-state index in [0.717, 1.165) is 16.4 Å². The molecule has 0 bridgehead atoms. The molecule has 1 fully saturated rings. The number of carbonyl (C=O) groups excluding carboxylic acids is 2. The third-order valence-electron chi connectivity index (χ3n) is 5.91. The number of ether oxygens (including phenoxy) is 2. The summed E-state index contributed by atoms with van der Waals surface area (Å²) in [6, 6.07) is 7.95. The predicted molar refractivity (Wildman–Crippen MR) is 135 cm³/mol. The molecular formula is C25H29F2N3O8S. The first-order valence-corrected chi connectivity index (χ1v) is 13.4. The second-order valence-electron chi connectivity index (χ2n) is 9.82. The molecule has 0 saturated carbocycles. The van der Waals surface area contributed by atoms with Crippen LogP contribution >= 0.6 is 0 Å². The Balaban J connectivity index is 1.90. The summed E-state index contributed by atoms with van der Waals surface area (Å²) in [6.07, 6.45) is -0.0424. The molecule has 14 heteroatoms. The number of nitro groups is 1. The number of hydrogen-bond acceptors (Lipinski definition) is 8. The van der Waals surface area contributed by atoms with Crippen LogP contribution in [0.4, 0.5) is 14.5 Å². The number of carbonyl (C=O) groups is 2. The standard InChI is InChI=1S/C25H29F2N3O8S/c1-16-22(31)28(13-14-29(16)39(35,36)21-8-6-5-7-19(21)30(33)34)20(23(32)38-25(2,3)4)15-17-9-11-18(12-10-17)37-24(26)27/h5-12,16,20,24H,13-15H2,1-4H3/t16-,20-/m0/s1. The molecule has 0 aliphatic carbocycles. The Morgan fingerprint density at radius 1 is 1.13 bits per heavy atom. The highest BCUT2D eigenvalue weighted by molar-refractivity contribution is 7.89. The minimum absolute atomic E-state index is 0.0424. The number of para-hydroxylation sites is 1. The topological polar surface area (TPSA) is 136 Å². The molecule has 1 aliphatic rings. The van der Waals surface area contributed by atoms with E-state index in [1.165, 1.54) is 48.2 Å². The van der Waals surface area contributed by atoms with Gasteiger partial charge < -0.3 is 14.4 Å². The maximum atomic E-state index is 13.5. The van der Waals surface area contributed by atoms with E-state index in [4.69, 9.17) is 4.74 Å². The lowest BCUT2D eigenvalue weighted by Gasteiger charge is -2.41. The van der Waals surface area contributed by atoms with Gasteiger partial charge in [0.15, 0.2) is 4.90 Å². The smallest absolute Gasteiger partial charge is 0.387 e. The summed E-state index contributed by atoms with van der Waals surface area (Å²) in [5, 5.41) is 11.4. The normalized spacial score (nSPS) is 17.7. The molecule has 212 valence electrons. The van der Waals surface area contributed by atoms with E-state index >= 15 is 0 Å². The van der Waals surface area contributed by atoms with Crippen molar-refractivity contribution in [2.75, 3.05) is 13.1 Å². The van der Waals surface area contributed by atoms with Gasteiger partial charge in [-0.25, -0.2) is 13.2 Å². The third-order valence-corrected chi connectivity index (χ3v) is 7.93. The number of sulfonamides is 1. The third kappa shape index (κ3) is 7.06. The summed E-state index contributed by atoms with van der Waals surface area (Å²) in [6.45, 7) is 2.86. The van der Waals surface area contributed by atoms with Crippen LogP contribution in [-0.2, 0) is 30.8 Å². The second kappa shape index (κ2) is 11.6. The van der Waals surface area contributed by atoms with Gasteiger partial charge in [-0.05, 0) is 51.5 Å². The van der Waals surface area contributed by atoms with E-state index in [9.17, 15) is 36.9 Å². The Bertz CT molecular complexity index is 1330. The number of hydrogen-bond donors (Lipinski definition) is 0. The van der Waals surface area contributed by atoms with Gasteiger partial charge >= 0.3 is 12.6 Å². The number of amides is 1. The number of esters is 1. The van der Waals surface area contributed by atoms with E-state index in [1.807, 2.05) is 0 Å². The van der Waals surface area contributed by atoms with E-state index < -0.39 is 61.7 Å². The number of piperazine rings is 1. The van der Waals surface area contributed by atoms with Crippen molar-refractivity contribution in [3.05, 3.63) is 64.2 Å². The van der Waals surface area contributed by atoms with Crippen molar-refractivity contribution in [3.8, 4) is 5.75 Å². The van der Waals surface area contributed by atoms with Crippen LogP contribution in [-0.4, -0.2) is 71.8 Å². The molecule has 39 heavy (non-hydrogen) atoms. The molecule has 2 atom stereocenters. The summed E-state index contributed by atoms with van der Waals surface area (Å²) < 4.78 is 62.5. The maximum absolute atomic E-state index is 13.5. The first-order valence-electron chi connectivity index (χ1n) is 11.9. The molecule has 0 radical (unpaired) electrons. The van der Waals surface area contributed by atoms with E-state index in [-0.39, 0.29) is 25.3 Å². The number of alkyl halides is 2. The SMILES string of the molecule is C[C@H]1C(=O)N([C@@H](Cc2ccc(OC(F)F)cc2)C(=O)OC(C)(C)C)CCN1S(=O)(=O)c1ccccc1[N+](=O)[O-]. The molecule has 1 heterocycles. The van der Waals surface area contributed by atoms with E-state index in [0.29, 0.717) is 5.56 Å². The number of benzene rings is 2. The van der Waals surface area contributed by atoms with Crippen molar-refractivity contribution in [3.63, 3.8) is 0 Å². The number of halogens is 2. The lowest BCUT2D eigenvalue weighted by molar-refractivity contribution is -0.387. The average molecular weight is 570 g/mol. The van der Waals surface area contributed by atoms with Crippen LogP contribution in [0.15, 0.2) is 53.4 Å². The minimum atomic E-state index is -4.44. The highest BCUT2D eigenvalue weighted by atomic mass is 32.2. The van der Waals surface area contributed by atoms with Crippen molar-refractivity contribution >= 4 is 27.6 Å². The Kier molecular flexibility index (Phi) is 8.91. The summed E-state index contributed by atoms with van der Waals surface area (Å²) in [5.41, 5.74) is -0.996. The quantitative estimate of drug-likeness (QED) is 0.255. The first kappa shape index (κ1) is 29.9. The van der Waals surface area contributed by atoms with Gasteiger partial charge in [0.25, 0.3) is 15.7 Å². The Hall–Kier alpha value is -3.65. The molecule has 0 unspecified atom stereocenters. The largest absolute Gasteiger partial charge is 0.458 e. The summed E-state index contributed by atoms with van der Waals surface area (Å²) in [5.74, 6) is -1.51. The molecule has 1 aliphatic heterocycles. The number of nitrogens with zero attached hydrogens (tertiary/aromatic N) is 3. The predicted octanol–water partition coefficient (Wildman–Crippen LogP) is 3.37. The number of rotatable bonds is 9. The zero-order valence-electron chi connectivity index (χ0n) is 21.7. The van der Waals surface area contributed by atoms with Gasteiger partial charge in [-0.15, -0.1) is 0 Å². The Labute approximate surface area is 224 Å². The molecule has 1 saturated heterocycles. The zero-order valence-corrected chi connectivity index (χ0v) is 22.6. The Morgan fingerprint density at radius 3 is 2.31 bits per heavy atom. The van der Waals surface area contributed by atoms with Gasteiger partial charge in [0.05, 0.1) is 4.92 Å². The molecule has 1 amide bonds. The van der Waals surface area contributed by atoms with E-state index in [2.05, 4.69) is 4.74 Å². The van der Waals surface area contributed by atoms with Gasteiger partial charge in [0, 0.05) is 25.6 Å². The minimum Gasteiger partial charge on any atom is -0.458 e. The molecule has 2 aromatic rings. The van der Waals surface area contributed by atoms with Crippen molar-refractivity contribution in [1.29, 1.82) is 0 Å². The molecule has 0 aromatic heterocycles. The fourth-order valence-electron chi connectivity index (χ4n) is 4.18. The first-order chi connectivity index (χ1) is 18.1. The summed E-state index contributed by atoms with van der Waals surface area (Å²) in [7, 11) is -4.44. The molecule has 0 spiro atoms. The second-order valence-corrected chi connectivity index (χ2v) is 11.7. The van der Waals surface area contributed by atoms with Crippen LogP contribution in [0.1, 0.15) is 33.3 Å². The van der Waals surface area contributed by atoms with Crippen LogP contribution in [0.25, 0.3) is 0 Å². The zero-order chi connectivity index (χ0) is 29.1. The van der Waals surface area contributed by atoms with Crippen molar-refractivity contribution < 1.29 is 41.2 Å². The Morgan fingerprint density at radius 2 is 1.74 bits per heavy atom. The molecule has 11 nitrogen and oxygen atoms in total. The molecular weight excluding hydrogens is 540 g/mol. The maximum Gasteiger partial charge on any atom is 0.387 e. The highest BCUT2D eigenvalue weighted by Crippen LogP contribution is 2.30. The molecule has 3 rings (SSSR count). The van der Waals surface area contributed by atoms with Crippen LogP contribution in [0, 0.1) is 10.1 Å². The summed E-state index contributed by atoms with van der Waals surface area (Å²) in [4.78, 5) is 38.0. The van der Waals surface area contributed by atoms with Crippen molar-refractivity contribution in [1.82, 2.24) is 9.21 Å². The van der Waals surface area contributed by atoms with Crippen molar-refractivity contribution in [2.24, 2.45) is 0 Å². The van der Waals surface area contributed by atoms with Gasteiger partial charge in [-0.1, -0.05) is 24.3 Å². The van der Waals surface area contributed by atoms with Crippen LogP contribution in [0.5, 0.6) is 5.75 Å². The van der Waals surface area contributed by atoms with Gasteiger partial charge in [-0.2, -0.15) is 13.1 Å². The molecule has 0 N–H and O–H groups in total. The summed E-state index contributed by atoms with van der Waals surface area (Å²) >= 11 is 0. The van der Waals surface area contributed by atoms with Gasteiger partial charge in [0.1, 0.15) is 23.4 Å². The monoisotopic (exact) mass is 569 g/mol. The fraction of sp³-hybridized carbons (Fsp3) is 0.440. The number of nitro benzene ring substituents is 1. The fourth-order valence-corrected chi connectivity index (χ4v) is 5.92.